The molecule has 102 valence electrons. The molecule has 0 bridgehead atoms. The molecule has 0 fully saturated rings. The van der Waals surface area contributed by atoms with Crippen molar-refractivity contribution in [2.75, 3.05) is 13.7 Å². The molecular weight excluding hydrogens is 240 g/mol. The quantitative estimate of drug-likeness (QED) is 0.828. The third kappa shape index (κ3) is 3.81. The summed E-state index contributed by atoms with van der Waals surface area (Å²) in [7, 11) is 1.52. The number of hydrogen-bond acceptors (Lipinski definition) is 3. The van der Waals surface area contributed by atoms with E-state index in [1.807, 2.05) is 0 Å². The lowest BCUT2D eigenvalue weighted by molar-refractivity contribution is 0.0950. The van der Waals surface area contributed by atoms with Crippen molar-refractivity contribution in [3.8, 4) is 5.88 Å². The number of nitrogens with zero attached hydrogens (tertiary/aromatic N) is 1. The Morgan fingerprint density at radius 3 is 3.11 bits per heavy atom. The van der Waals surface area contributed by atoms with E-state index in [4.69, 9.17) is 4.74 Å². The van der Waals surface area contributed by atoms with Gasteiger partial charge in [-0.1, -0.05) is 11.6 Å². The largest absolute Gasteiger partial charge is 0.480 e. The van der Waals surface area contributed by atoms with Gasteiger partial charge in [0.15, 0.2) is 0 Å². The van der Waals surface area contributed by atoms with Crippen molar-refractivity contribution in [3.05, 3.63) is 35.5 Å². The highest BCUT2D eigenvalue weighted by atomic mass is 16.5. The van der Waals surface area contributed by atoms with E-state index in [1.54, 1.807) is 18.3 Å². The molecule has 0 spiro atoms. The molecule has 0 saturated heterocycles. The molecule has 4 heteroatoms. The number of nitrogens with one attached hydrogen (secondary N) is 1. The zero-order chi connectivity index (χ0) is 13.5. The van der Waals surface area contributed by atoms with Gasteiger partial charge in [-0.2, -0.15) is 0 Å². The summed E-state index contributed by atoms with van der Waals surface area (Å²) in [5.74, 6) is 0.248. The van der Waals surface area contributed by atoms with Crippen molar-refractivity contribution in [3.63, 3.8) is 0 Å². The number of pyridine rings is 1. The molecule has 0 radical (unpaired) electrons. The molecule has 19 heavy (non-hydrogen) atoms. The molecule has 1 N–H and O–H groups in total. The van der Waals surface area contributed by atoms with Gasteiger partial charge >= 0.3 is 0 Å². The summed E-state index contributed by atoms with van der Waals surface area (Å²) in [6.07, 6.45) is 9.78. The Morgan fingerprint density at radius 1 is 1.47 bits per heavy atom. The Balaban J connectivity index is 1.85. The minimum atomic E-state index is -0.124. The van der Waals surface area contributed by atoms with E-state index >= 15 is 0 Å². The minimum Gasteiger partial charge on any atom is -0.480 e. The number of methoxy groups -OCH3 is 1. The number of amides is 1. The van der Waals surface area contributed by atoms with E-state index in [9.17, 15) is 4.79 Å². The normalized spacial score (nSPS) is 14.7. The number of carbonyl (C=O) groups is 1. The summed E-state index contributed by atoms with van der Waals surface area (Å²) in [6, 6.07) is 3.46. The van der Waals surface area contributed by atoms with Crippen molar-refractivity contribution in [1.82, 2.24) is 10.3 Å². The maximum atomic E-state index is 12.0. The number of carbonyl (C=O) groups excluding carboxylic acids is 1. The second-order valence-electron chi connectivity index (χ2n) is 4.67. The van der Waals surface area contributed by atoms with Crippen LogP contribution in [-0.4, -0.2) is 24.5 Å². The van der Waals surface area contributed by atoms with Crippen LogP contribution in [0.5, 0.6) is 5.88 Å². The van der Waals surface area contributed by atoms with Crippen LogP contribution >= 0.6 is 0 Å². The van der Waals surface area contributed by atoms with Crippen molar-refractivity contribution < 1.29 is 9.53 Å². The highest BCUT2D eigenvalue weighted by Gasteiger charge is 2.12. The summed E-state index contributed by atoms with van der Waals surface area (Å²) in [5, 5.41) is 2.92. The predicted octanol–water partition coefficient (Wildman–Crippen LogP) is 2.71. The lowest BCUT2D eigenvalue weighted by Gasteiger charge is -2.13. The molecule has 0 unspecified atom stereocenters. The fourth-order valence-electron chi connectivity index (χ4n) is 2.29. The van der Waals surface area contributed by atoms with Gasteiger partial charge in [0, 0.05) is 12.7 Å². The summed E-state index contributed by atoms with van der Waals surface area (Å²) >= 11 is 0. The smallest absolute Gasteiger partial charge is 0.256 e. The summed E-state index contributed by atoms with van der Waals surface area (Å²) in [6.45, 7) is 0.669. The molecule has 1 aromatic heterocycles. The first-order chi connectivity index (χ1) is 9.31. The van der Waals surface area contributed by atoms with E-state index in [0.717, 1.165) is 6.42 Å². The van der Waals surface area contributed by atoms with E-state index in [-0.39, 0.29) is 5.91 Å². The van der Waals surface area contributed by atoms with Crippen LogP contribution in [0.3, 0.4) is 0 Å². The van der Waals surface area contributed by atoms with Crippen LogP contribution in [0.1, 0.15) is 42.5 Å². The first kappa shape index (κ1) is 13.6. The van der Waals surface area contributed by atoms with Crippen LogP contribution in [0, 0.1) is 0 Å². The number of allylic oxidation sites excluding steroid dienone is 1. The Hall–Kier alpha value is -1.84. The average Bonchev–Trinajstić information content (AvgIpc) is 2.48. The van der Waals surface area contributed by atoms with Crippen LogP contribution < -0.4 is 10.1 Å². The van der Waals surface area contributed by atoms with E-state index < -0.39 is 0 Å². The molecule has 1 heterocycles. The number of rotatable bonds is 5. The van der Waals surface area contributed by atoms with Gasteiger partial charge in [0.05, 0.1) is 7.11 Å². The molecular formula is C15H20N2O2. The lowest BCUT2D eigenvalue weighted by atomic mass is 9.97. The highest BCUT2D eigenvalue weighted by Crippen LogP contribution is 2.19. The van der Waals surface area contributed by atoms with Gasteiger partial charge in [0.2, 0.25) is 5.88 Å². The third-order valence-corrected chi connectivity index (χ3v) is 3.33. The van der Waals surface area contributed by atoms with Gasteiger partial charge in [0.25, 0.3) is 5.91 Å². The topological polar surface area (TPSA) is 51.2 Å². The molecule has 2 rings (SSSR count). The molecule has 0 aromatic carbocycles. The second-order valence-corrected chi connectivity index (χ2v) is 4.67. The van der Waals surface area contributed by atoms with Crippen molar-refractivity contribution in [2.45, 2.75) is 32.1 Å². The molecule has 0 saturated carbocycles. The van der Waals surface area contributed by atoms with E-state index in [1.165, 1.54) is 38.4 Å². The Kier molecular flexibility index (Phi) is 4.95. The van der Waals surface area contributed by atoms with Crippen LogP contribution in [-0.2, 0) is 0 Å². The SMILES string of the molecule is COc1ncccc1C(=O)NCCC1=CCCCC1. The zero-order valence-electron chi connectivity index (χ0n) is 11.3. The zero-order valence-corrected chi connectivity index (χ0v) is 11.3. The fraction of sp³-hybridized carbons (Fsp3) is 0.467. The third-order valence-electron chi connectivity index (χ3n) is 3.33. The van der Waals surface area contributed by atoms with Gasteiger partial charge < -0.3 is 10.1 Å². The summed E-state index contributed by atoms with van der Waals surface area (Å²) in [4.78, 5) is 16.0. The van der Waals surface area contributed by atoms with Crippen LogP contribution in [0.15, 0.2) is 30.0 Å². The van der Waals surface area contributed by atoms with E-state index in [0.29, 0.717) is 18.0 Å². The van der Waals surface area contributed by atoms with Crippen LogP contribution in [0.4, 0.5) is 0 Å². The maximum Gasteiger partial charge on any atom is 0.256 e. The molecule has 1 aliphatic carbocycles. The average molecular weight is 260 g/mol. The fourth-order valence-corrected chi connectivity index (χ4v) is 2.29. The Labute approximate surface area is 113 Å². The molecule has 0 atom stereocenters. The van der Waals surface area contributed by atoms with Gasteiger partial charge in [-0.05, 0) is 44.2 Å². The van der Waals surface area contributed by atoms with Crippen molar-refractivity contribution in [2.24, 2.45) is 0 Å². The molecule has 4 nitrogen and oxygen atoms in total. The lowest BCUT2D eigenvalue weighted by Crippen LogP contribution is -2.25. The van der Waals surface area contributed by atoms with Gasteiger partial charge in [-0.15, -0.1) is 0 Å². The number of aromatic nitrogens is 1. The monoisotopic (exact) mass is 260 g/mol. The molecule has 1 aliphatic rings. The van der Waals surface area contributed by atoms with Crippen LogP contribution in [0.2, 0.25) is 0 Å². The highest BCUT2D eigenvalue weighted by molar-refractivity contribution is 5.96. The summed E-state index contributed by atoms with van der Waals surface area (Å²) < 4.78 is 5.08. The van der Waals surface area contributed by atoms with Crippen molar-refractivity contribution in [1.29, 1.82) is 0 Å². The van der Waals surface area contributed by atoms with Crippen LogP contribution in [0.25, 0.3) is 0 Å². The maximum absolute atomic E-state index is 12.0. The van der Waals surface area contributed by atoms with Crippen molar-refractivity contribution >= 4 is 5.91 Å². The predicted molar refractivity (Wildman–Crippen MR) is 74.3 cm³/mol. The minimum absolute atomic E-state index is 0.124. The first-order valence-corrected chi connectivity index (χ1v) is 6.76. The number of hydrogen-bond donors (Lipinski definition) is 1. The Morgan fingerprint density at radius 2 is 2.37 bits per heavy atom. The Bertz CT molecular complexity index is 469. The van der Waals surface area contributed by atoms with Gasteiger partial charge in [-0.25, -0.2) is 4.98 Å². The molecule has 1 amide bonds. The molecule has 0 aliphatic heterocycles. The van der Waals surface area contributed by atoms with Gasteiger partial charge in [0.1, 0.15) is 5.56 Å². The van der Waals surface area contributed by atoms with E-state index in [2.05, 4.69) is 16.4 Å². The first-order valence-electron chi connectivity index (χ1n) is 6.76. The molecule has 1 aromatic rings. The second kappa shape index (κ2) is 6.92. The summed E-state index contributed by atoms with van der Waals surface area (Å²) in [5.41, 5.74) is 1.95. The van der Waals surface area contributed by atoms with Gasteiger partial charge in [-0.3, -0.25) is 4.79 Å². The standard InChI is InChI=1S/C15H20N2O2/c1-19-15-13(8-5-10-17-15)14(18)16-11-9-12-6-3-2-4-7-12/h5-6,8,10H,2-4,7,9,11H2,1H3,(H,16,18). The number of ether oxygens (including phenoxy) is 1.